The van der Waals surface area contributed by atoms with E-state index in [1.807, 2.05) is 0 Å². The number of rotatable bonds is 2. The van der Waals surface area contributed by atoms with Crippen LogP contribution in [0.25, 0.3) is 0 Å². The van der Waals surface area contributed by atoms with Crippen LogP contribution in [0.1, 0.15) is 11.3 Å². The number of nitrogen functional groups attached to an aromatic ring is 1. The summed E-state index contributed by atoms with van der Waals surface area (Å²) in [7, 11) is 0. The Balaban J connectivity index is 3.18. The molecule has 1 aromatic rings. The van der Waals surface area contributed by atoms with Crippen LogP contribution >= 0.6 is 11.6 Å². The van der Waals surface area contributed by atoms with Crippen LogP contribution in [0.5, 0.6) is 5.88 Å². The Morgan fingerprint density at radius 3 is 2.62 bits per heavy atom. The minimum absolute atomic E-state index is 0.0158. The Labute approximate surface area is 93.4 Å². The van der Waals surface area contributed by atoms with Gasteiger partial charge in [0.15, 0.2) is 0 Å². The van der Waals surface area contributed by atoms with E-state index in [-0.39, 0.29) is 22.8 Å². The first kappa shape index (κ1) is 12.4. The van der Waals surface area contributed by atoms with Gasteiger partial charge < -0.3 is 10.5 Å². The molecule has 1 heterocycles. The maximum atomic E-state index is 11.9. The first-order chi connectivity index (χ1) is 7.37. The van der Waals surface area contributed by atoms with Gasteiger partial charge in [0.25, 0.3) is 0 Å². The molecule has 0 aromatic carbocycles. The number of pyridine rings is 1. The standard InChI is InChI=1S/C8H5ClF3N3O/c9-2-6-4(3-13)1-5(14)7(15-6)16-8(10,11)12/h1H,2,14H2. The van der Waals surface area contributed by atoms with Gasteiger partial charge in [-0.1, -0.05) is 0 Å². The van der Waals surface area contributed by atoms with Gasteiger partial charge in [0.1, 0.15) is 6.07 Å². The smallest absolute Gasteiger partial charge is 0.394 e. The van der Waals surface area contributed by atoms with Crippen molar-refractivity contribution in [1.29, 1.82) is 5.26 Å². The number of ether oxygens (including phenoxy) is 1. The van der Waals surface area contributed by atoms with Crippen molar-refractivity contribution in [3.8, 4) is 11.9 Å². The third-order valence-corrected chi connectivity index (χ3v) is 1.81. The van der Waals surface area contributed by atoms with Crippen LogP contribution in [0, 0.1) is 11.3 Å². The summed E-state index contributed by atoms with van der Waals surface area (Å²) in [6.07, 6.45) is -4.89. The van der Waals surface area contributed by atoms with Gasteiger partial charge in [-0.05, 0) is 6.07 Å². The summed E-state index contributed by atoms with van der Waals surface area (Å²) in [6, 6.07) is 2.75. The Hall–Kier alpha value is -1.68. The quantitative estimate of drug-likeness (QED) is 0.818. The molecule has 86 valence electrons. The van der Waals surface area contributed by atoms with Crippen LogP contribution < -0.4 is 10.5 Å². The van der Waals surface area contributed by atoms with Crippen molar-refractivity contribution in [2.75, 3.05) is 5.73 Å². The lowest BCUT2D eigenvalue weighted by molar-refractivity contribution is -0.275. The van der Waals surface area contributed by atoms with E-state index in [0.717, 1.165) is 6.07 Å². The van der Waals surface area contributed by atoms with Crippen LogP contribution in [0.2, 0.25) is 0 Å². The van der Waals surface area contributed by atoms with Crippen LogP contribution in [0.15, 0.2) is 6.07 Å². The van der Waals surface area contributed by atoms with Gasteiger partial charge in [0.05, 0.1) is 22.8 Å². The minimum atomic E-state index is -4.89. The molecule has 0 aliphatic heterocycles. The predicted octanol–water partition coefficient (Wildman–Crippen LogP) is 2.17. The van der Waals surface area contributed by atoms with E-state index < -0.39 is 12.2 Å². The summed E-state index contributed by atoms with van der Waals surface area (Å²) in [5.74, 6) is -1.01. The topological polar surface area (TPSA) is 71.9 Å². The zero-order chi connectivity index (χ0) is 12.3. The molecule has 1 rings (SSSR count). The van der Waals surface area contributed by atoms with E-state index in [4.69, 9.17) is 22.6 Å². The summed E-state index contributed by atoms with van der Waals surface area (Å²) >= 11 is 5.42. The van der Waals surface area contributed by atoms with Gasteiger partial charge in [0.2, 0.25) is 5.88 Å². The number of aromatic nitrogens is 1. The Kier molecular flexibility index (Phi) is 3.44. The normalized spacial score (nSPS) is 10.9. The van der Waals surface area contributed by atoms with E-state index in [2.05, 4.69) is 9.72 Å². The third-order valence-electron chi connectivity index (χ3n) is 1.55. The maximum Gasteiger partial charge on any atom is 0.574 e. The van der Waals surface area contributed by atoms with Crippen LogP contribution in [-0.2, 0) is 5.88 Å². The lowest BCUT2D eigenvalue weighted by Crippen LogP contribution is -2.19. The fraction of sp³-hybridized carbons (Fsp3) is 0.250. The second-order valence-corrected chi connectivity index (χ2v) is 2.94. The molecule has 16 heavy (non-hydrogen) atoms. The van der Waals surface area contributed by atoms with E-state index in [1.165, 1.54) is 0 Å². The SMILES string of the molecule is N#Cc1cc(N)c(OC(F)(F)F)nc1CCl. The molecule has 8 heteroatoms. The van der Waals surface area contributed by atoms with Crippen LogP contribution in [0.4, 0.5) is 18.9 Å². The average molecular weight is 252 g/mol. The van der Waals surface area contributed by atoms with Gasteiger partial charge in [-0.25, -0.2) is 4.98 Å². The number of halogens is 4. The van der Waals surface area contributed by atoms with E-state index >= 15 is 0 Å². The Morgan fingerprint density at radius 1 is 1.56 bits per heavy atom. The highest BCUT2D eigenvalue weighted by Crippen LogP contribution is 2.28. The highest BCUT2D eigenvalue weighted by molar-refractivity contribution is 6.17. The van der Waals surface area contributed by atoms with Crippen LogP contribution in [0.3, 0.4) is 0 Å². The van der Waals surface area contributed by atoms with Crippen molar-refractivity contribution >= 4 is 17.3 Å². The fourth-order valence-electron chi connectivity index (χ4n) is 0.938. The fourth-order valence-corrected chi connectivity index (χ4v) is 1.14. The number of nitriles is 1. The molecule has 2 N–H and O–H groups in total. The highest BCUT2D eigenvalue weighted by Gasteiger charge is 2.33. The van der Waals surface area contributed by atoms with E-state index in [1.54, 1.807) is 6.07 Å². The molecular weight excluding hydrogens is 247 g/mol. The molecule has 0 bridgehead atoms. The zero-order valence-electron chi connectivity index (χ0n) is 7.68. The molecule has 1 aromatic heterocycles. The number of nitrogens with zero attached hydrogens (tertiary/aromatic N) is 2. The minimum Gasteiger partial charge on any atom is -0.394 e. The summed E-state index contributed by atoms with van der Waals surface area (Å²) in [4.78, 5) is 3.43. The molecule has 0 atom stereocenters. The summed E-state index contributed by atoms with van der Waals surface area (Å²) < 4.78 is 39.3. The molecule has 0 amide bonds. The molecule has 0 radical (unpaired) electrons. The average Bonchev–Trinajstić information content (AvgIpc) is 2.18. The van der Waals surface area contributed by atoms with E-state index in [9.17, 15) is 13.2 Å². The predicted molar refractivity (Wildman–Crippen MR) is 49.6 cm³/mol. The van der Waals surface area contributed by atoms with Crippen LogP contribution in [-0.4, -0.2) is 11.3 Å². The number of nitrogens with two attached hydrogens (primary N) is 1. The second kappa shape index (κ2) is 4.45. The van der Waals surface area contributed by atoms with Gasteiger partial charge in [-0.15, -0.1) is 24.8 Å². The molecule has 0 fully saturated rings. The van der Waals surface area contributed by atoms with Gasteiger partial charge in [0, 0.05) is 0 Å². The summed E-state index contributed by atoms with van der Waals surface area (Å²) in [6.45, 7) is 0. The van der Waals surface area contributed by atoms with Gasteiger partial charge in [-0.3, -0.25) is 0 Å². The zero-order valence-corrected chi connectivity index (χ0v) is 8.43. The van der Waals surface area contributed by atoms with Crippen molar-refractivity contribution in [2.24, 2.45) is 0 Å². The largest absolute Gasteiger partial charge is 0.574 e. The second-order valence-electron chi connectivity index (χ2n) is 2.67. The third kappa shape index (κ3) is 2.90. The number of alkyl halides is 4. The number of anilines is 1. The Bertz CT molecular complexity index is 441. The first-order valence-electron chi connectivity index (χ1n) is 3.88. The van der Waals surface area contributed by atoms with Crippen molar-refractivity contribution in [3.63, 3.8) is 0 Å². The lowest BCUT2D eigenvalue weighted by atomic mass is 10.2. The number of hydrogen-bond donors (Lipinski definition) is 1. The van der Waals surface area contributed by atoms with Crippen molar-refractivity contribution in [2.45, 2.75) is 12.2 Å². The van der Waals surface area contributed by atoms with Gasteiger partial charge >= 0.3 is 6.36 Å². The molecule has 4 nitrogen and oxygen atoms in total. The monoisotopic (exact) mass is 251 g/mol. The van der Waals surface area contributed by atoms with E-state index in [0.29, 0.717) is 0 Å². The Morgan fingerprint density at radius 2 is 2.19 bits per heavy atom. The molecule has 0 aliphatic carbocycles. The maximum absolute atomic E-state index is 11.9. The summed E-state index contributed by atoms with van der Waals surface area (Å²) in [5, 5.41) is 8.63. The van der Waals surface area contributed by atoms with Crippen molar-refractivity contribution in [3.05, 3.63) is 17.3 Å². The lowest BCUT2D eigenvalue weighted by Gasteiger charge is -2.11. The summed E-state index contributed by atoms with van der Waals surface area (Å²) in [5.41, 5.74) is 4.87. The molecule has 0 unspecified atom stereocenters. The van der Waals surface area contributed by atoms with Gasteiger partial charge in [-0.2, -0.15) is 5.26 Å². The van der Waals surface area contributed by atoms with Crippen molar-refractivity contribution in [1.82, 2.24) is 4.98 Å². The number of hydrogen-bond acceptors (Lipinski definition) is 4. The molecule has 0 aliphatic rings. The molecule has 0 spiro atoms. The molecular formula is C8H5ClF3N3O. The molecule has 0 saturated heterocycles. The van der Waals surface area contributed by atoms with Crippen molar-refractivity contribution < 1.29 is 17.9 Å². The highest BCUT2D eigenvalue weighted by atomic mass is 35.5. The molecule has 0 saturated carbocycles. The first-order valence-corrected chi connectivity index (χ1v) is 4.42.